The highest BCUT2D eigenvalue weighted by Crippen LogP contribution is 2.47. The smallest absolute Gasteiger partial charge is 0.194 e. The van der Waals surface area contributed by atoms with Gasteiger partial charge in [-0.3, -0.25) is 0 Å². The molecule has 0 heterocycles. The van der Waals surface area contributed by atoms with Gasteiger partial charge in [0.25, 0.3) is 0 Å². The molecule has 2 aliphatic carbocycles. The van der Waals surface area contributed by atoms with Crippen LogP contribution in [0.2, 0.25) is 0 Å². The first-order chi connectivity index (χ1) is 13.5. The minimum atomic E-state index is -1.35. The standard InChI is InChI=1S/C25H37F3/c1-2-3-5-13-25(14-6-4-7-15-25)16-12-19-8-10-20(11-9-19)21-17-22(26)24(28)23(27)18-21/h17-20H,2-16H2,1H3. The Balaban J connectivity index is 1.50. The first-order valence-corrected chi connectivity index (χ1v) is 11.7. The van der Waals surface area contributed by atoms with Crippen molar-refractivity contribution in [2.24, 2.45) is 11.3 Å². The lowest BCUT2D eigenvalue weighted by Crippen LogP contribution is -2.26. The quantitative estimate of drug-likeness (QED) is 0.305. The summed E-state index contributed by atoms with van der Waals surface area (Å²) >= 11 is 0. The van der Waals surface area contributed by atoms with Crippen LogP contribution in [0.5, 0.6) is 0 Å². The van der Waals surface area contributed by atoms with Crippen LogP contribution in [-0.4, -0.2) is 0 Å². The molecule has 28 heavy (non-hydrogen) atoms. The highest BCUT2D eigenvalue weighted by Gasteiger charge is 2.33. The van der Waals surface area contributed by atoms with Gasteiger partial charge in [0.2, 0.25) is 0 Å². The normalized spacial score (nSPS) is 25.0. The fraction of sp³-hybridized carbons (Fsp3) is 0.760. The number of benzene rings is 1. The molecule has 0 bridgehead atoms. The van der Waals surface area contributed by atoms with Gasteiger partial charge in [-0.2, -0.15) is 0 Å². The van der Waals surface area contributed by atoms with Gasteiger partial charge in [-0.25, -0.2) is 13.2 Å². The lowest BCUT2D eigenvalue weighted by Gasteiger charge is -2.39. The van der Waals surface area contributed by atoms with E-state index in [1.54, 1.807) is 0 Å². The van der Waals surface area contributed by atoms with E-state index in [0.29, 0.717) is 11.0 Å². The molecule has 0 atom stereocenters. The topological polar surface area (TPSA) is 0 Å². The highest BCUT2D eigenvalue weighted by atomic mass is 19.2. The summed E-state index contributed by atoms with van der Waals surface area (Å²) in [6, 6.07) is 2.41. The lowest BCUT2D eigenvalue weighted by atomic mass is 9.66. The molecule has 0 saturated heterocycles. The Labute approximate surface area is 169 Å². The van der Waals surface area contributed by atoms with E-state index >= 15 is 0 Å². The van der Waals surface area contributed by atoms with Crippen LogP contribution < -0.4 is 0 Å². The molecular formula is C25H37F3. The third-order valence-electron chi connectivity index (χ3n) is 7.63. The molecule has 0 nitrogen and oxygen atoms in total. The fourth-order valence-corrected chi connectivity index (χ4v) is 5.78. The average Bonchev–Trinajstić information content (AvgIpc) is 2.71. The van der Waals surface area contributed by atoms with Gasteiger partial charge in [0.05, 0.1) is 0 Å². The predicted octanol–water partition coefficient (Wildman–Crippen LogP) is 8.69. The summed E-state index contributed by atoms with van der Waals surface area (Å²) in [4.78, 5) is 0. The zero-order chi connectivity index (χ0) is 20.0. The van der Waals surface area contributed by atoms with Crippen molar-refractivity contribution >= 4 is 0 Å². The average molecular weight is 395 g/mol. The minimum Gasteiger partial charge on any atom is -0.204 e. The summed E-state index contributed by atoms with van der Waals surface area (Å²) in [7, 11) is 0. The molecular weight excluding hydrogens is 357 g/mol. The van der Waals surface area contributed by atoms with Crippen molar-refractivity contribution in [1.82, 2.24) is 0 Å². The summed E-state index contributed by atoms with van der Waals surface area (Å²) < 4.78 is 40.3. The summed E-state index contributed by atoms with van der Waals surface area (Å²) in [6.45, 7) is 2.28. The van der Waals surface area contributed by atoms with Crippen LogP contribution in [0.1, 0.15) is 115 Å². The molecule has 0 unspecified atom stereocenters. The van der Waals surface area contributed by atoms with Crippen molar-refractivity contribution in [3.8, 4) is 0 Å². The molecule has 1 aromatic carbocycles. The van der Waals surface area contributed by atoms with Crippen LogP contribution in [0.25, 0.3) is 0 Å². The Morgan fingerprint density at radius 2 is 1.50 bits per heavy atom. The van der Waals surface area contributed by atoms with E-state index in [9.17, 15) is 13.2 Å². The number of hydrogen-bond acceptors (Lipinski definition) is 0. The summed E-state index contributed by atoms with van der Waals surface area (Å²) in [5.74, 6) is -2.53. The van der Waals surface area contributed by atoms with E-state index in [4.69, 9.17) is 0 Å². The number of unbranched alkanes of at least 4 members (excludes halogenated alkanes) is 2. The minimum absolute atomic E-state index is 0.175. The summed E-state index contributed by atoms with van der Waals surface area (Å²) in [5, 5.41) is 0. The molecule has 1 aromatic rings. The monoisotopic (exact) mass is 394 g/mol. The maximum absolute atomic E-state index is 13.6. The molecule has 3 rings (SSSR count). The Bertz CT molecular complexity index is 587. The first kappa shape index (κ1) is 21.7. The molecule has 3 heteroatoms. The number of halogens is 3. The summed E-state index contributed by atoms with van der Waals surface area (Å²) in [5.41, 5.74) is 1.23. The highest BCUT2D eigenvalue weighted by molar-refractivity contribution is 5.23. The first-order valence-electron chi connectivity index (χ1n) is 11.7. The zero-order valence-corrected chi connectivity index (χ0v) is 17.5. The van der Waals surface area contributed by atoms with Crippen molar-refractivity contribution in [2.75, 3.05) is 0 Å². The SMILES string of the molecule is CCCCCC1(CCC2CCC(c3cc(F)c(F)c(F)c3)CC2)CCCCC1. The molecule has 0 aromatic heterocycles. The van der Waals surface area contributed by atoms with Crippen LogP contribution in [-0.2, 0) is 0 Å². The Kier molecular flexibility index (Phi) is 7.88. The van der Waals surface area contributed by atoms with Crippen LogP contribution in [0, 0.1) is 28.8 Å². The second-order valence-electron chi connectivity index (χ2n) is 9.57. The Morgan fingerprint density at radius 3 is 2.11 bits per heavy atom. The van der Waals surface area contributed by atoms with Gasteiger partial charge in [-0.05, 0) is 92.7 Å². The molecule has 0 radical (unpaired) electrons. The van der Waals surface area contributed by atoms with Crippen LogP contribution >= 0.6 is 0 Å². The van der Waals surface area contributed by atoms with Crippen molar-refractivity contribution < 1.29 is 13.2 Å². The van der Waals surface area contributed by atoms with Gasteiger partial charge in [-0.15, -0.1) is 0 Å². The van der Waals surface area contributed by atoms with E-state index in [2.05, 4.69) is 6.92 Å². The Morgan fingerprint density at radius 1 is 0.857 bits per heavy atom. The van der Waals surface area contributed by atoms with Gasteiger partial charge < -0.3 is 0 Å². The van der Waals surface area contributed by atoms with Gasteiger partial charge in [0.15, 0.2) is 17.5 Å². The third-order valence-corrected chi connectivity index (χ3v) is 7.63. The van der Waals surface area contributed by atoms with Gasteiger partial charge in [-0.1, -0.05) is 45.4 Å². The molecule has 158 valence electrons. The van der Waals surface area contributed by atoms with E-state index in [1.807, 2.05) is 0 Å². The second kappa shape index (κ2) is 10.2. The van der Waals surface area contributed by atoms with Crippen molar-refractivity contribution in [1.29, 1.82) is 0 Å². The van der Waals surface area contributed by atoms with Crippen molar-refractivity contribution in [2.45, 2.75) is 109 Å². The second-order valence-corrected chi connectivity index (χ2v) is 9.57. The fourth-order valence-electron chi connectivity index (χ4n) is 5.78. The molecule has 2 aliphatic rings. The van der Waals surface area contributed by atoms with Gasteiger partial charge in [0.1, 0.15) is 0 Å². The molecule has 0 aliphatic heterocycles. The zero-order valence-electron chi connectivity index (χ0n) is 17.5. The number of hydrogen-bond donors (Lipinski definition) is 0. The van der Waals surface area contributed by atoms with Crippen LogP contribution in [0.3, 0.4) is 0 Å². The predicted molar refractivity (Wildman–Crippen MR) is 110 cm³/mol. The molecule has 2 saturated carbocycles. The third kappa shape index (κ3) is 5.54. The molecule has 0 N–H and O–H groups in total. The number of rotatable bonds is 8. The van der Waals surface area contributed by atoms with Crippen LogP contribution in [0.15, 0.2) is 12.1 Å². The van der Waals surface area contributed by atoms with E-state index < -0.39 is 17.5 Å². The molecule has 0 spiro atoms. The largest absolute Gasteiger partial charge is 0.204 e. The van der Waals surface area contributed by atoms with Crippen molar-refractivity contribution in [3.63, 3.8) is 0 Å². The van der Waals surface area contributed by atoms with Crippen LogP contribution in [0.4, 0.5) is 13.2 Å². The van der Waals surface area contributed by atoms with Gasteiger partial charge in [0, 0.05) is 0 Å². The Hall–Kier alpha value is -0.990. The summed E-state index contributed by atoms with van der Waals surface area (Å²) in [6.07, 6.45) is 19.4. The molecule has 2 fully saturated rings. The van der Waals surface area contributed by atoms with Gasteiger partial charge >= 0.3 is 0 Å². The maximum atomic E-state index is 13.6. The van der Waals surface area contributed by atoms with E-state index in [-0.39, 0.29) is 5.92 Å². The van der Waals surface area contributed by atoms with Crippen molar-refractivity contribution in [3.05, 3.63) is 35.1 Å². The maximum Gasteiger partial charge on any atom is 0.194 e. The van der Waals surface area contributed by atoms with E-state index in [0.717, 1.165) is 31.6 Å². The lowest BCUT2D eigenvalue weighted by molar-refractivity contribution is 0.132. The molecule has 0 amide bonds. The van der Waals surface area contributed by atoms with E-state index in [1.165, 1.54) is 82.8 Å².